The Balaban J connectivity index is 1.97. The largest absolute Gasteiger partial charge is 0.491 e. The molecule has 1 aliphatic rings. The maximum Gasteiger partial charge on any atom is 0.119 e. The topological polar surface area (TPSA) is 49.7 Å². The molecule has 0 bridgehead atoms. The van der Waals surface area contributed by atoms with Gasteiger partial charge in [0.1, 0.15) is 12.4 Å². The van der Waals surface area contributed by atoms with Crippen molar-refractivity contribution >= 4 is 15.9 Å². The van der Waals surface area contributed by atoms with Crippen molar-refractivity contribution in [3.05, 3.63) is 28.2 Å². The van der Waals surface area contributed by atoms with Gasteiger partial charge in [0.2, 0.25) is 0 Å². The van der Waals surface area contributed by atoms with Gasteiger partial charge < -0.3 is 14.9 Å². The third-order valence-corrected chi connectivity index (χ3v) is 4.25. The lowest BCUT2D eigenvalue weighted by molar-refractivity contribution is -0.0339. The molecule has 1 saturated carbocycles. The van der Waals surface area contributed by atoms with Gasteiger partial charge in [0.15, 0.2) is 0 Å². The maximum absolute atomic E-state index is 10.3. The molecule has 4 heteroatoms. The van der Waals surface area contributed by atoms with Crippen LogP contribution in [0.15, 0.2) is 22.7 Å². The van der Waals surface area contributed by atoms with E-state index in [1.165, 1.54) is 6.42 Å². The van der Waals surface area contributed by atoms with Gasteiger partial charge in [-0.15, -0.1) is 0 Å². The Kier molecular flexibility index (Phi) is 4.65. The van der Waals surface area contributed by atoms with E-state index in [1.54, 1.807) is 6.07 Å². The van der Waals surface area contributed by atoms with Crippen LogP contribution in [0.3, 0.4) is 0 Å². The summed E-state index contributed by atoms with van der Waals surface area (Å²) in [7, 11) is 0. The van der Waals surface area contributed by atoms with Crippen LogP contribution < -0.4 is 4.74 Å². The first kappa shape index (κ1) is 13.8. The summed E-state index contributed by atoms with van der Waals surface area (Å²) < 4.78 is 6.53. The predicted molar refractivity (Wildman–Crippen MR) is 73.6 cm³/mol. The molecule has 2 N–H and O–H groups in total. The summed E-state index contributed by atoms with van der Waals surface area (Å²) in [5.74, 6) is 0.696. The molecule has 0 spiro atoms. The fourth-order valence-electron chi connectivity index (χ4n) is 2.33. The summed E-state index contributed by atoms with van der Waals surface area (Å²) in [5.41, 5.74) is 0.119. The van der Waals surface area contributed by atoms with E-state index >= 15 is 0 Å². The molecule has 0 atom stereocenters. The fraction of sp³-hybridized carbons (Fsp3) is 0.571. The summed E-state index contributed by atoms with van der Waals surface area (Å²) in [4.78, 5) is 0. The summed E-state index contributed by atoms with van der Waals surface area (Å²) in [6.07, 6.45) is 4.98. The third-order valence-electron chi connectivity index (χ3n) is 3.48. The average molecular weight is 315 g/mol. The van der Waals surface area contributed by atoms with Crippen LogP contribution >= 0.6 is 15.9 Å². The molecular formula is C14H19BrO3. The minimum Gasteiger partial charge on any atom is -0.491 e. The van der Waals surface area contributed by atoms with Gasteiger partial charge in [-0.1, -0.05) is 35.2 Å². The SMILES string of the molecule is OCc1cc(OCC2(O)CCCCC2)ccc1Br. The summed E-state index contributed by atoms with van der Waals surface area (Å²) in [5, 5.41) is 19.5. The number of benzene rings is 1. The Morgan fingerprint density at radius 3 is 2.61 bits per heavy atom. The third kappa shape index (κ3) is 3.46. The van der Waals surface area contributed by atoms with Crippen LogP contribution in [-0.2, 0) is 6.61 Å². The normalized spacial score (nSPS) is 18.6. The molecule has 0 amide bonds. The highest BCUT2D eigenvalue weighted by Gasteiger charge is 2.29. The number of aliphatic hydroxyl groups excluding tert-OH is 1. The first-order chi connectivity index (χ1) is 8.63. The number of aliphatic hydroxyl groups is 2. The molecule has 2 rings (SSSR count). The highest BCUT2D eigenvalue weighted by atomic mass is 79.9. The summed E-state index contributed by atoms with van der Waals surface area (Å²) >= 11 is 3.36. The van der Waals surface area contributed by atoms with Crippen molar-refractivity contribution in [1.29, 1.82) is 0 Å². The molecule has 1 aromatic carbocycles. The zero-order valence-corrected chi connectivity index (χ0v) is 11.9. The molecule has 0 aliphatic heterocycles. The Labute approximate surface area is 116 Å². The van der Waals surface area contributed by atoms with Crippen LogP contribution in [0, 0.1) is 0 Å². The smallest absolute Gasteiger partial charge is 0.119 e. The second kappa shape index (κ2) is 6.04. The zero-order valence-electron chi connectivity index (χ0n) is 10.4. The van der Waals surface area contributed by atoms with Gasteiger partial charge in [0.05, 0.1) is 12.2 Å². The molecule has 100 valence electrons. The van der Waals surface area contributed by atoms with Crippen molar-refractivity contribution < 1.29 is 14.9 Å². The number of hydrogen-bond donors (Lipinski definition) is 2. The van der Waals surface area contributed by atoms with Gasteiger partial charge in [-0.2, -0.15) is 0 Å². The van der Waals surface area contributed by atoms with E-state index in [1.807, 2.05) is 12.1 Å². The molecule has 18 heavy (non-hydrogen) atoms. The van der Waals surface area contributed by atoms with Crippen molar-refractivity contribution in [2.75, 3.05) is 6.61 Å². The number of halogens is 1. The van der Waals surface area contributed by atoms with Gasteiger partial charge in [-0.3, -0.25) is 0 Å². The number of ether oxygens (including phenoxy) is 1. The van der Waals surface area contributed by atoms with E-state index in [9.17, 15) is 10.2 Å². The van der Waals surface area contributed by atoms with Crippen LogP contribution in [0.1, 0.15) is 37.7 Å². The van der Waals surface area contributed by atoms with Crippen molar-refractivity contribution in [2.24, 2.45) is 0 Å². The standard InChI is InChI=1S/C14H19BrO3/c15-13-5-4-12(8-11(13)9-16)18-10-14(17)6-2-1-3-7-14/h4-5,8,16-17H,1-3,6-7,9-10H2. The molecule has 0 heterocycles. The Bertz CT molecular complexity index is 400. The zero-order chi connectivity index (χ0) is 13.0. The van der Waals surface area contributed by atoms with Gasteiger partial charge in [0, 0.05) is 4.47 Å². The Morgan fingerprint density at radius 2 is 1.94 bits per heavy atom. The Morgan fingerprint density at radius 1 is 1.22 bits per heavy atom. The molecule has 0 radical (unpaired) electrons. The molecule has 0 saturated heterocycles. The molecule has 0 unspecified atom stereocenters. The van der Waals surface area contributed by atoms with Crippen molar-refractivity contribution in [2.45, 2.75) is 44.3 Å². The first-order valence-corrected chi connectivity index (χ1v) is 7.17. The van der Waals surface area contributed by atoms with E-state index in [-0.39, 0.29) is 6.61 Å². The van der Waals surface area contributed by atoms with E-state index in [0.29, 0.717) is 12.4 Å². The highest BCUT2D eigenvalue weighted by Crippen LogP contribution is 2.29. The second-order valence-corrected chi connectivity index (χ2v) is 5.84. The highest BCUT2D eigenvalue weighted by molar-refractivity contribution is 9.10. The lowest BCUT2D eigenvalue weighted by Gasteiger charge is -2.31. The first-order valence-electron chi connectivity index (χ1n) is 6.37. The van der Waals surface area contributed by atoms with Crippen molar-refractivity contribution in [3.8, 4) is 5.75 Å². The minimum absolute atomic E-state index is 0.0257. The molecule has 1 aromatic rings. The molecule has 1 aliphatic carbocycles. The van der Waals surface area contributed by atoms with Gasteiger partial charge in [-0.25, -0.2) is 0 Å². The molecule has 0 aromatic heterocycles. The van der Waals surface area contributed by atoms with E-state index in [0.717, 1.165) is 35.7 Å². The van der Waals surface area contributed by atoms with Gasteiger partial charge in [-0.05, 0) is 36.6 Å². The lowest BCUT2D eigenvalue weighted by Crippen LogP contribution is -2.37. The molecule has 1 fully saturated rings. The van der Waals surface area contributed by atoms with Crippen LogP contribution in [0.25, 0.3) is 0 Å². The quantitative estimate of drug-likeness (QED) is 0.898. The Hall–Kier alpha value is -0.580. The van der Waals surface area contributed by atoms with Crippen LogP contribution in [0.5, 0.6) is 5.75 Å². The average Bonchev–Trinajstić information content (AvgIpc) is 2.39. The van der Waals surface area contributed by atoms with Crippen LogP contribution in [0.2, 0.25) is 0 Å². The minimum atomic E-state index is -0.676. The summed E-state index contributed by atoms with van der Waals surface area (Å²) in [6.45, 7) is 0.307. The maximum atomic E-state index is 10.3. The fourth-order valence-corrected chi connectivity index (χ4v) is 2.71. The summed E-state index contributed by atoms with van der Waals surface area (Å²) in [6, 6.07) is 5.50. The van der Waals surface area contributed by atoms with Crippen LogP contribution in [-0.4, -0.2) is 22.4 Å². The van der Waals surface area contributed by atoms with E-state index in [2.05, 4.69) is 15.9 Å². The predicted octanol–water partition coefficient (Wildman–Crippen LogP) is 3.02. The van der Waals surface area contributed by atoms with Crippen molar-refractivity contribution in [1.82, 2.24) is 0 Å². The lowest BCUT2D eigenvalue weighted by atomic mass is 9.85. The van der Waals surface area contributed by atoms with E-state index < -0.39 is 5.60 Å². The number of rotatable bonds is 4. The van der Waals surface area contributed by atoms with E-state index in [4.69, 9.17) is 4.74 Å². The van der Waals surface area contributed by atoms with Crippen LogP contribution in [0.4, 0.5) is 0 Å². The second-order valence-electron chi connectivity index (χ2n) is 4.99. The molecule has 3 nitrogen and oxygen atoms in total. The van der Waals surface area contributed by atoms with Gasteiger partial charge >= 0.3 is 0 Å². The molecular weight excluding hydrogens is 296 g/mol. The van der Waals surface area contributed by atoms with Gasteiger partial charge in [0.25, 0.3) is 0 Å². The van der Waals surface area contributed by atoms with Crippen molar-refractivity contribution in [3.63, 3.8) is 0 Å². The monoisotopic (exact) mass is 314 g/mol. The number of hydrogen-bond acceptors (Lipinski definition) is 3.